The quantitative estimate of drug-likeness (QED) is 0.799. The first kappa shape index (κ1) is 18.9. The molecule has 2 rings (SSSR count). The van der Waals surface area contributed by atoms with E-state index < -0.39 is 0 Å². The topological polar surface area (TPSA) is 55.6 Å². The molecule has 0 bridgehead atoms. The van der Waals surface area contributed by atoms with Crippen LogP contribution in [0.5, 0.6) is 0 Å². The second-order valence-electron chi connectivity index (χ2n) is 5.85. The van der Waals surface area contributed by atoms with Gasteiger partial charge in [0.1, 0.15) is 0 Å². The van der Waals surface area contributed by atoms with E-state index in [1.165, 1.54) is 24.8 Å². The van der Waals surface area contributed by atoms with Gasteiger partial charge < -0.3 is 15.4 Å². The maximum Gasteiger partial charge on any atom is 0.225 e. The Bertz CT molecular complexity index is 434. The Balaban J connectivity index is 0.00000242. The minimum Gasteiger partial charge on any atom is -0.380 e. The summed E-state index contributed by atoms with van der Waals surface area (Å²) in [5.41, 5.74) is 6.80. The van der Waals surface area contributed by atoms with Crippen LogP contribution in [0.25, 0.3) is 0 Å². The molecule has 1 fully saturated rings. The third-order valence-electron chi connectivity index (χ3n) is 4.27. The molecular weight excluding hydrogens is 300 g/mol. The van der Waals surface area contributed by atoms with E-state index in [2.05, 4.69) is 12.1 Å². The zero-order chi connectivity index (χ0) is 15.1. The zero-order valence-corrected chi connectivity index (χ0v) is 14.1. The van der Waals surface area contributed by atoms with Gasteiger partial charge in [-0.15, -0.1) is 12.4 Å². The number of ether oxygens (including phenoxy) is 1. The summed E-state index contributed by atoms with van der Waals surface area (Å²) in [6.07, 6.45) is 3.96. The fourth-order valence-corrected chi connectivity index (χ4v) is 2.63. The van der Waals surface area contributed by atoms with E-state index >= 15 is 0 Å². The fraction of sp³-hybridized carbons (Fsp3) is 0.588. The average Bonchev–Trinajstić information content (AvgIpc) is 2.47. The van der Waals surface area contributed by atoms with Gasteiger partial charge in [-0.25, -0.2) is 0 Å². The fourth-order valence-electron chi connectivity index (χ4n) is 2.63. The Kier molecular flexibility index (Phi) is 8.46. The summed E-state index contributed by atoms with van der Waals surface area (Å²) in [5, 5.41) is 0. The molecule has 1 aliphatic rings. The number of rotatable bonds is 8. The summed E-state index contributed by atoms with van der Waals surface area (Å²) in [5.74, 6) is 0.805. The maximum absolute atomic E-state index is 12.5. The van der Waals surface area contributed by atoms with Crippen molar-refractivity contribution in [2.45, 2.75) is 38.3 Å². The van der Waals surface area contributed by atoms with Crippen LogP contribution in [0.15, 0.2) is 30.3 Å². The molecule has 1 aromatic carbocycles. The van der Waals surface area contributed by atoms with Gasteiger partial charge in [0.05, 0.1) is 12.5 Å². The molecule has 1 aromatic rings. The van der Waals surface area contributed by atoms with E-state index in [1.54, 1.807) is 7.11 Å². The van der Waals surface area contributed by atoms with Crippen LogP contribution in [0.3, 0.4) is 0 Å². The molecule has 2 N–H and O–H groups in total. The van der Waals surface area contributed by atoms with Gasteiger partial charge in [-0.1, -0.05) is 36.8 Å². The van der Waals surface area contributed by atoms with Gasteiger partial charge in [-0.3, -0.25) is 4.79 Å². The first-order valence-corrected chi connectivity index (χ1v) is 7.77. The molecule has 1 unspecified atom stereocenters. The third kappa shape index (κ3) is 5.59. The first-order chi connectivity index (χ1) is 10.2. The molecule has 0 radical (unpaired) electrons. The molecular formula is C17H27ClN2O2. The Hall–Kier alpha value is -1.10. The van der Waals surface area contributed by atoms with Crippen molar-refractivity contribution in [3.05, 3.63) is 35.9 Å². The molecule has 1 amide bonds. The van der Waals surface area contributed by atoms with E-state index in [1.807, 2.05) is 23.1 Å². The highest BCUT2D eigenvalue weighted by molar-refractivity contribution is 5.85. The van der Waals surface area contributed by atoms with Crippen molar-refractivity contribution in [1.29, 1.82) is 0 Å². The third-order valence-corrected chi connectivity index (χ3v) is 4.27. The minimum atomic E-state index is -0.183. The second-order valence-corrected chi connectivity index (χ2v) is 5.85. The van der Waals surface area contributed by atoms with Crippen molar-refractivity contribution in [3.63, 3.8) is 0 Å². The second kappa shape index (κ2) is 9.82. The number of nitrogens with zero attached hydrogens (tertiary/aromatic N) is 1. The summed E-state index contributed by atoms with van der Waals surface area (Å²) in [7, 11) is 1.61. The number of nitrogens with two attached hydrogens (primary N) is 1. The lowest BCUT2D eigenvalue weighted by Crippen LogP contribution is -2.39. The van der Waals surface area contributed by atoms with E-state index in [0.717, 1.165) is 6.54 Å². The van der Waals surface area contributed by atoms with Gasteiger partial charge >= 0.3 is 0 Å². The maximum atomic E-state index is 12.5. The van der Waals surface area contributed by atoms with Gasteiger partial charge in [0, 0.05) is 26.7 Å². The highest BCUT2D eigenvalue weighted by atomic mass is 35.5. The number of benzene rings is 1. The van der Waals surface area contributed by atoms with Crippen LogP contribution < -0.4 is 5.73 Å². The SMILES string of the molecule is COC(CN)CC(=O)N(Cc1ccccc1)CC1CCC1.Cl. The molecule has 4 nitrogen and oxygen atoms in total. The summed E-state index contributed by atoms with van der Waals surface area (Å²) >= 11 is 0. The highest BCUT2D eigenvalue weighted by Crippen LogP contribution is 2.28. The van der Waals surface area contributed by atoms with Crippen molar-refractivity contribution in [2.75, 3.05) is 20.2 Å². The van der Waals surface area contributed by atoms with Crippen LogP contribution >= 0.6 is 12.4 Å². The predicted molar refractivity (Wildman–Crippen MR) is 90.9 cm³/mol. The van der Waals surface area contributed by atoms with E-state index in [9.17, 15) is 4.79 Å². The molecule has 0 spiro atoms. The normalized spacial score (nSPS) is 15.5. The van der Waals surface area contributed by atoms with Gasteiger partial charge in [0.25, 0.3) is 0 Å². The van der Waals surface area contributed by atoms with Crippen LogP contribution in [0.4, 0.5) is 0 Å². The molecule has 124 valence electrons. The molecule has 0 saturated heterocycles. The molecule has 0 heterocycles. The summed E-state index contributed by atoms with van der Waals surface area (Å²) in [6.45, 7) is 1.91. The lowest BCUT2D eigenvalue weighted by Gasteiger charge is -2.33. The number of carbonyl (C=O) groups excluding carboxylic acids is 1. The zero-order valence-electron chi connectivity index (χ0n) is 13.2. The van der Waals surface area contributed by atoms with Crippen molar-refractivity contribution in [1.82, 2.24) is 4.90 Å². The average molecular weight is 327 g/mol. The summed E-state index contributed by atoms with van der Waals surface area (Å²) in [4.78, 5) is 14.5. The Morgan fingerprint density at radius 2 is 2.05 bits per heavy atom. The van der Waals surface area contributed by atoms with Crippen molar-refractivity contribution in [2.24, 2.45) is 11.7 Å². The monoisotopic (exact) mass is 326 g/mol. The highest BCUT2D eigenvalue weighted by Gasteiger charge is 2.25. The van der Waals surface area contributed by atoms with Gasteiger partial charge in [0.15, 0.2) is 0 Å². The minimum absolute atomic E-state index is 0. The molecule has 0 aromatic heterocycles. The Morgan fingerprint density at radius 3 is 2.55 bits per heavy atom. The van der Waals surface area contributed by atoms with Crippen LogP contribution in [0.2, 0.25) is 0 Å². The largest absolute Gasteiger partial charge is 0.380 e. The number of hydrogen-bond acceptors (Lipinski definition) is 3. The number of halogens is 1. The van der Waals surface area contributed by atoms with Crippen molar-refractivity contribution < 1.29 is 9.53 Å². The van der Waals surface area contributed by atoms with E-state index in [-0.39, 0.29) is 24.4 Å². The van der Waals surface area contributed by atoms with Gasteiger partial charge in [-0.05, 0) is 24.3 Å². The number of methoxy groups -OCH3 is 1. The smallest absolute Gasteiger partial charge is 0.225 e. The van der Waals surface area contributed by atoms with Gasteiger partial charge in [-0.2, -0.15) is 0 Å². The Labute approximate surface area is 139 Å². The lowest BCUT2D eigenvalue weighted by molar-refractivity contribution is -0.135. The summed E-state index contributed by atoms with van der Waals surface area (Å²) < 4.78 is 5.24. The standard InChI is InChI=1S/C17H26N2O2.ClH/c1-21-16(11-18)10-17(20)19(13-15-8-5-9-15)12-14-6-3-2-4-7-14;/h2-4,6-7,15-16H,5,8-13,18H2,1H3;1H. The molecule has 22 heavy (non-hydrogen) atoms. The Morgan fingerprint density at radius 1 is 1.36 bits per heavy atom. The van der Waals surface area contributed by atoms with Crippen LogP contribution in [0, 0.1) is 5.92 Å². The van der Waals surface area contributed by atoms with E-state index in [0.29, 0.717) is 25.4 Å². The molecule has 1 aliphatic carbocycles. The predicted octanol–water partition coefficient (Wildman–Crippen LogP) is 2.60. The van der Waals surface area contributed by atoms with Crippen LogP contribution in [-0.4, -0.2) is 37.1 Å². The van der Waals surface area contributed by atoms with Crippen molar-refractivity contribution >= 4 is 18.3 Å². The molecule has 1 saturated carbocycles. The van der Waals surface area contributed by atoms with E-state index in [4.69, 9.17) is 10.5 Å². The van der Waals surface area contributed by atoms with Crippen molar-refractivity contribution in [3.8, 4) is 0 Å². The number of amides is 1. The van der Waals surface area contributed by atoms with Gasteiger partial charge in [0.2, 0.25) is 5.91 Å². The molecule has 1 atom stereocenters. The molecule has 5 heteroatoms. The van der Waals surface area contributed by atoms with Crippen LogP contribution in [-0.2, 0) is 16.1 Å². The molecule has 0 aliphatic heterocycles. The lowest BCUT2D eigenvalue weighted by atomic mass is 9.85. The number of carbonyl (C=O) groups is 1. The van der Waals surface area contributed by atoms with Crippen LogP contribution in [0.1, 0.15) is 31.2 Å². The first-order valence-electron chi connectivity index (χ1n) is 7.77. The number of hydrogen-bond donors (Lipinski definition) is 1. The summed E-state index contributed by atoms with van der Waals surface area (Å²) in [6, 6.07) is 10.2.